The summed E-state index contributed by atoms with van der Waals surface area (Å²) in [7, 11) is 0. The second-order valence-electron chi connectivity index (χ2n) is 4.54. The molecule has 2 aromatic heterocycles. The van der Waals surface area contributed by atoms with Crippen molar-refractivity contribution >= 4 is 27.4 Å². The van der Waals surface area contributed by atoms with Crippen molar-refractivity contribution in [1.82, 2.24) is 15.3 Å². The second kappa shape index (κ2) is 6.11. The molecule has 0 spiro atoms. The lowest BCUT2D eigenvalue weighted by atomic mass is 10.3. The Morgan fingerprint density at radius 3 is 2.83 bits per heavy atom. The van der Waals surface area contributed by atoms with Crippen LogP contribution < -0.4 is 10.6 Å². The molecule has 5 heteroatoms. The summed E-state index contributed by atoms with van der Waals surface area (Å²) in [4.78, 5) is 11.1. The number of fused-ring (bicyclic) bond motifs is 1. The van der Waals surface area contributed by atoms with Crippen LogP contribution in [0.2, 0.25) is 0 Å². The van der Waals surface area contributed by atoms with Gasteiger partial charge in [0, 0.05) is 24.0 Å². The lowest BCUT2D eigenvalue weighted by molar-refractivity contribution is 0.602. The zero-order valence-electron chi connectivity index (χ0n) is 11.2. The van der Waals surface area contributed by atoms with Crippen LogP contribution >= 0.6 is 11.3 Å². The first kappa shape index (κ1) is 13.2. The molecule has 2 rings (SSSR count). The zero-order chi connectivity index (χ0) is 13.0. The van der Waals surface area contributed by atoms with E-state index < -0.39 is 0 Å². The largest absolute Gasteiger partial charge is 0.368 e. The van der Waals surface area contributed by atoms with Crippen molar-refractivity contribution in [2.75, 3.05) is 18.4 Å². The van der Waals surface area contributed by atoms with E-state index in [1.54, 1.807) is 17.7 Å². The van der Waals surface area contributed by atoms with Crippen molar-refractivity contribution < 1.29 is 0 Å². The van der Waals surface area contributed by atoms with Crippen LogP contribution in [0.1, 0.15) is 25.6 Å². The van der Waals surface area contributed by atoms with Crippen LogP contribution in [-0.2, 0) is 6.42 Å². The highest BCUT2D eigenvalue weighted by molar-refractivity contribution is 7.18. The summed E-state index contributed by atoms with van der Waals surface area (Å²) >= 11 is 1.75. The summed E-state index contributed by atoms with van der Waals surface area (Å²) in [5.41, 5.74) is 0. The van der Waals surface area contributed by atoms with Crippen molar-refractivity contribution in [3.63, 3.8) is 0 Å². The van der Waals surface area contributed by atoms with E-state index in [9.17, 15) is 0 Å². The van der Waals surface area contributed by atoms with Gasteiger partial charge in [-0.15, -0.1) is 11.3 Å². The normalized spacial score (nSPS) is 11.3. The molecule has 2 aromatic rings. The minimum absolute atomic E-state index is 0.519. The molecule has 0 unspecified atom stereocenters. The number of hydrogen-bond acceptors (Lipinski definition) is 5. The zero-order valence-corrected chi connectivity index (χ0v) is 12.0. The molecule has 0 saturated carbocycles. The van der Waals surface area contributed by atoms with Gasteiger partial charge in [-0.1, -0.05) is 20.8 Å². The lowest BCUT2D eigenvalue weighted by Gasteiger charge is -2.09. The van der Waals surface area contributed by atoms with Gasteiger partial charge in [0.1, 0.15) is 17.0 Å². The molecule has 2 heterocycles. The Labute approximate surface area is 112 Å². The van der Waals surface area contributed by atoms with Gasteiger partial charge in [0.05, 0.1) is 5.39 Å². The predicted octanol–water partition coefficient (Wildman–Crippen LogP) is 2.66. The number of anilines is 1. The molecule has 0 aliphatic rings. The molecule has 2 N–H and O–H groups in total. The van der Waals surface area contributed by atoms with Gasteiger partial charge in [0.15, 0.2) is 0 Å². The van der Waals surface area contributed by atoms with Crippen molar-refractivity contribution in [3.05, 3.63) is 17.3 Å². The Morgan fingerprint density at radius 1 is 1.28 bits per heavy atom. The first-order valence-corrected chi connectivity index (χ1v) is 7.23. The summed E-state index contributed by atoms with van der Waals surface area (Å²) < 4.78 is 0. The van der Waals surface area contributed by atoms with Crippen LogP contribution in [0.25, 0.3) is 10.2 Å². The van der Waals surface area contributed by atoms with Gasteiger partial charge in [0.2, 0.25) is 0 Å². The van der Waals surface area contributed by atoms with E-state index in [-0.39, 0.29) is 0 Å². The molecule has 0 radical (unpaired) electrons. The van der Waals surface area contributed by atoms with Gasteiger partial charge in [-0.25, -0.2) is 9.97 Å². The van der Waals surface area contributed by atoms with Crippen LogP contribution in [-0.4, -0.2) is 29.1 Å². The maximum atomic E-state index is 4.33. The highest BCUT2D eigenvalue weighted by atomic mass is 32.1. The van der Waals surface area contributed by atoms with E-state index in [1.807, 2.05) is 0 Å². The minimum atomic E-state index is 0.519. The van der Waals surface area contributed by atoms with Crippen LogP contribution in [0.15, 0.2) is 12.4 Å². The Hall–Kier alpha value is -1.20. The Morgan fingerprint density at radius 2 is 2.11 bits per heavy atom. The fourth-order valence-corrected chi connectivity index (χ4v) is 2.70. The van der Waals surface area contributed by atoms with Crippen LogP contribution in [0, 0.1) is 0 Å². The van der Waals surface area contributed by atoms with Gasteiger partial charge in [-0.3, -0.25) is 0 Å². The van der Waals surface area contributed by atoms with Crippen LogP contribution in [0.4, 0.5) is 5.82 Å². The third kappa shape index (κ3) is 3.17. The van der Waals surface area contributed by atoms with E-state index in [0.29, 0.717) is 6.04 Å². The van der Waals surface area contributed by atoms with Crippen molar-refractivity contribution in [3.8, 4) is 0 Å². The predicted molar refractivity (Wildman–Crippen MR) is 78.4 cm³/mol. The minimum Gasteiger partial charge on any atom is -0.368 e. The van der Waals surface area contributed by atoms with Crippen LogP contribution in [0.3, 0.4) is 0 Å². The van der Waals surface area contributed by atoms with Gasteiger partial charge in [-0.2, -0.15) is 0 Å². The standard InChI is InChI=1S/C13H20N4S/c1-4-10-7-11-12(15-6-5-14-9(2)3)16-8-17-13(11)18-10/h7-9,14H,4-6H2,1-3H3,(H,15,16,17). The number of nitrogens with zero attached hydrogens (tertiary/aromatic N) is 2. The average Bonchev–Trinajstić information content (AvgIpc) is 2.78. The molecule has 18 heavy (non-hydrogen) atoms. The maximum Gasteiger partial charge on any atom is 0.138 e. The van der Waals surface area contributed by atoms with Gasteiger partial charge >= 0.3 is 0 Å². The first-order chi connectivity index (χ1) is 8.70. The second-order valence-corrected chi connectivity index (χ2v) is 5.66. The molecule has 0 amide bonds. The molecule has 0 saturated heterocycles. The van der Waals surface area contributed by atoms with Crippen molar-refractivity contribution in [2.24, 2.45) is 0 Å². The lowest BCUT2D eigenvalue weighted by Crippen LogP contribution is -2.28. The average molecular weight is 264 g/mol. The molecule has 4 nitrogen and oxygen atoms in total. The summed E-state index contributed by atoms with van der Waals surface area (Å²) in [6, 6.07) is 2.71. The van der Waals surface area contributed by atoms with Gasteiger partial charge in [0.25, 0.3) is 0 Å². The summed E-state index contributed by atoms with van der Waals surface area (Å²) in [5, 5.41) is 7.89. The number of thiophene rings is 1. The monoisotopic (exact) mass is 264 g/mol. The third-order valence-corrected chi connectivity index (χ3v) is 3.89. The number of hydrogen-bond donors (Lipinski definition) is 2. The van der Waals surface area contributed by atoms with E-state index >= 15 is 0 Å². The van der Waals surface area contributed by atoms with Gasteiger partial charge < -0.3 is 10.6 Å². The third-order valence-electron chi connectivity index (χ3n) is 2.70. The molecular formula is C13H20N4S. The highest BCUT2D eigenvalue weighted by Crippen LogP contribution is 2.28. The van der Waals surface area contributed by atoms with Gasteiger partial charge in [-0.05, 0) is 12.5 Å². The molecule has 0 aromatic carbocycles. The number of rotatable bonds is 6. The molecule has 0 bridgehead atoms. The molecule has 0 aliphatic heterocycles. The fraction of sp³-hybridized carbons (Fsp3) is 0.538. The topological polar surface area (TPSA) is 49.8 Å². The Balaban J connectivity index is 2.05. The molecular weight excluding hydrogens is 244 g/mol. The Kier molecular flexibility index (Phi) is 4.49. The summed E-state index contributed by atoms with van der Waals surface area (Å²) in [5.74, 6) is 0.946. The van der Waals surface area contributed by atoms with Crippen LogP contribution in [0.5, 0.6) is 0 Å². The number of aromatic nitrogens is 2. The van der Waals surface area contributed by atoms with E-state index in [0.717, 1.165) is 35.5 Å². The fourth-order valence-electron chi connectivity index (χ4n) is 1.76. The SMILES string of the molecule is CCc1cc2c(NCCNC(C)C)ncnc2s1. The maximum absolute atomic E-state index is 4.33. The smallest absolute Gasteiger partial charge is 0.138 e. The first-order valence-electron chi connectivity index (χ1n) is 6.41. The van der Waals surface area contributed by atoms with Crippen molar-refractivity contribution in [2.45, 2.75) is 33.2 Å². The van der Waals surface area contributed by atoms with E-state index in [1.165, 1.54) is 4.88 Å². The molecule has 0 aliphatic carbocycles. The summed E-state index contributed by atoms with van der Waals surface area (Å²) in [6.45, 7) is 8.28. The molecule has 0 atom stereocenters. The molecule has 98 valence electrons. The highest BCUT2D eigenvalue weighted by Gasteiger charge is 2.07. The number of aryl methyl sites for hydroxylation is 1. The summed E-state index contributed by atoms with van der Waals surface area (Å²) in [6.07, 6.45) is 2.69. The molecule has 0 fully saturated rings. The van der Waals surface area contributed by atoms with E-state index in [2.05, 4.69) is 47.4 Å². The number of nitrogens with one attached hydrogen (secondary N) is 2. The Bertz CT molecular complexity index is 507. The quantitative estimate of drug-likeness (QED) is 0.788. The van der Waals surface area contributed by atoms with E-state index in [4.69, 9.17) is 0 Å². The van der Waals surface area contributed by atoms with Crippen molar-refractivity contribution in [1.29, 1.82) is 0 Å².